The Morgan fingerprint density at radius 1 is 1.29 bits per heavy atom. The number of hydrogen-bond donors (Lipinski definition) is 1. The van der Waals surface area contributed by atoms with Gasteiger partial charge in [-0.05, 0) is 36.4 Å². The van der Waals surface area contributed by atoms with E-state index in [-0.39, 0.29) is 25.0 Å². The molecular formula is C17H15ClN2O4. The number of halogens is 1. The van der Waals surface area contributed by atoms with Crippen molar-refractivity contribution in [3.63, 3.8) is 0 Å². The van der Waals surface area contributed by atoms with Crippen LogP contribution >= 0.6 is 11.6 Å². The maximum Gasteiger partial charge on any atom is 0.264 e. The van der Waals surface area contributed by atoms with E-state index >= 15 is 0 Å². The quantitative estimate of drug-likeness (QED) is 0.924. The molecule has 0 aliphatic carbocycles. The van der Waals surface area contributed by atoms with Crippen LogP contribution in [-0.4, -0.2) is 32.1 Å². The zero-order valence-corrected chi connectivity index (χ0v) is 13.7. The van der Waals surface area contributed by atoms with Gasteiger partial charge in [0.2, 0.25) is 0 Å². The highest BCUT2D eigenvalue weighted by Crippen LogP contribution is 2.33. The Balaban J connectivity index is 1.60. The first-order chi connectivity index (χ1) is 11.5. The highest BCUT2D eigenvalue weighted by atomic mass is 35.5. The summed E-state index contributed by atoms with van der Waals surface area (Å²) >= 11 is 5.79. The smallest absolute Gasteiger partial charge is 0.264 e. The third-order valence-electron chi connectivity index (χ3n) is 3.51. The number of rotatable bonds is 4. The maximum atomic E-state index is 12.0. The van der Waals surface area contributed by atoms with Gasteiger partial charge < -0.3 is 19.7 Å². The van der Waals surface area contributed by atoms with Crippen molar-refractivity contribution in [2.24, 2.45) is 0 Å². The molecule has 0 aromatic heterocycles. The van der Waals surface area contributed by atoms with Gasteiger partial charge in [0.25, 0.3) is 11.8 Å². The van der Waals surface area contributed by atoms with Crippen molar-refractivity contribution < 1.29 is 19.1 Å². The summed E-state index contributed by atoms with van der Waals surface area (Å²) in [6, 6.07) is 11.9. The average Bonchev–Trinajstić information content (AvgIpc) is 2.58. The summed E-state index contributed by atoms with van der Waals surface area (Å²) in [7, 11) is 1.68. The molecule has 1 heterocycles. The predicted molar refractivity (Wildman–Crippen MR) is 90.9 cm³/mol. The Labute approximate surface area is 143 Å². The van der Waals surface area contributed by atoms with E-state index in [1.807, 2.05) is 0 Å². The third-order valence-corrected chi connectivity index (χ3v) is 3.77. The lowest BCUT2D eigenvalue weighted by Crippen LogP contribution is -2.35. The molecule has 0 saturated heterocycles. The number of amides is 2. The summed E-state index contributed by atoms with van der Waals surface area (Å²) in [5.74, 6) is 0.692. The first-order valence-electron chi connectivity index (χ1n) is 7.24. The molecule has 2 amide bonds. The lowest BCUT2D eigenvalue weighted by molar-refractivity contribution is -0.121. The van der Waals surface area contributed by atoms with Crippen LogP contribution in [0.5, 0.6) is 11.5 Å². The van der Waals surface area contributed by atoms with Crippen LogP contribution in [0.4, 0.5) is 11.4 Å². The van der Waals surface area contributed by atoms with Gasteiger partial charge in [-0.25, -0.2) is 0 Å². The van der Waals surface area contributed by atoms with Gasteiger partial charge >= 0.3 is 0 Å². The van der Waals surface area contributed by atoms with Gasteiger partial charge in [0, 0.05) is 23.8 Å². The maximum absolute atomic E-state index is 12.0. The minimum Gasteiger partial charge on any atom is -0.484 e. The van der Waals surface area contributed by atoms with Crippen LogP contribution in [0.2, 0.25) is 5.02 Å². The van der Waals surface area contributed by atoms with Crippen molar-refractivity contribution in [3.8, 4) is 11.5 Å². The van der Waals surface area contributed by atoms with Crippen LogP contribution < -0.4 is 19.7 Å². The summed E-state index contributed by atoms with van der Waals surface area (Å²) in [6.45, 7) is -0.140. The summed E-state index contributed by atoms with van der Waals surface area (Å²) in [6.07, 6.45) is 0. The van der Waals surface area contributed by atoms with Crippen molar-refractivity contribution in [2.75, 3.05) is 30.5 Å². The van der Waals surface area contributed by atoms with Gasteiger partial charge in [-0.15, -0.1) is 0 Å². The van der Waals surface area contributed by atoms with Crippen LogP contribution in [0, 0.1) is 0 Å². The fraction of sp³-hybridized carbons (Fsp3) is 0.176. The molecule has 0 fully saturated rings. The number of nitrogens with one attached hydrogen (secondary N) is 1. The van der Waals surface area contributed by atoms with E-state index in [0.29, 0.717) is 27.9 Å². The molecule has 0 spiro atoms. The minimum atomic E-state index is -0.301. The number of fused-ring (bicyclic) bond motifs is 1. The van der Waals surface area contributed by atoms with Crippen LogP contribution in [-0.2, 0) is 9.59 Å². The standard InChI is InChI=1S/C17H15ClN2O4/c1-20-14-7-4-12(8-15(14)24-10-17(20)22)19-16(21)9-23-13-5-2-11(18)3-6-13/h2-8H,9-10H2,1H3,(H,19,21). The highest BCUT2D eigenvalue weighted by molar-refractivity contribution is 6.30. The van der Waals surface area contributed by atoms with E-state index in [1.165, 1.54) is 4.90 Å². The monoisotopic (exact) mass is 346 g/mol. The Morgan fingerprint density at radius 2 is 2.04 bits per heavy atom. The molecule has 3 rings (SSSR count). The fourth-order valence-corrected chi connectivity index (χ4v) is 2.36. The molecule has 1 aliphatic heterocycles. The molecule has 0 bridgehead atoms. The van der Waals surface area contributed by atoms with E-state index in [9.17, 15) is 9.59 Å². The zero-order valence-electron chi connectivity index (χ0n) is 12.9. The second kappa shape index (κ2) is 6.80. The molecule has 0 atom stereocenters. The number of ether oxygens (including phenoxy) is 2. The molecule has 24 heavy (non-hydrogen) atoms. The first kappa shape index (κ1) is 16.1. The Kier molecular flexibility index (Phi) is 4.57. The molecule has 0 saturated carbocycles. The molecule has 6 nitrogen and oxygen atoms in total. The predicted octanol–water partition coefficient (Wildman–Crippen LogP) is 2.71. The largest absolute Gasteiger partial charge is 0.484 e. The molecule has 0 unspecified atom stereocenters. The molecular weight excluding hydrogens is 332 g/mol. The van der Waals surface area contributed by atoms with Crippen LogP contribution in [0.1, 0.15) is 0 Å². The number of nitrogens with zero attached hydrogens (tertiary/aromatic N) is 1. The molecule has 1 N–H and O–H groups in total. The number of carbonyl (C=O) groups is 2. The van der Waals surface area contributed by atoms with Gasteiger partial charge in [0.05, 0.1) is 5.69 Å². The zero-order chi connectivity index (χ0) is 17.1. The van der Waals surface area contributed by atoms with E-state index in [4.69, 9.17) is 21.1 Å². The van der Waals surface area contributed by atoms with Gasteiger partial charge in [-0.2, -0.15) is 0 Å². The van der Waals surface area contributed by atoms with Crippen LogP contribution in [0.3, 0.4) is 0 Å². The number of benzene rings is 2. The second-order valence-electron chi connectivity index (χ2n) is 5.21. The third kappa shape index (κ3) is 3.60. The van der Waals surface area contributed by atoms with Gasteiger partial charge in [0.1, 0.15) is 11.5 Å². The SMILES string of the molecule is CN1C(=O)COc2cc(NC(=O)COc3ccc(Cl)cc3)ccc21. The Bertz CT molecular complexity index is 777. The number of hydrogen-bond acceptors (Lipinski definition) is 4. The summed E-state index contributed by atoms with van der Waals surface area (Å²) in [4.78, 5) is 25.1. The molecule has 2 aromatic rings. The molecule has 0 radical (unpaired) electrons. The van der Waals surface area contributed by atoms with Crippen molar-refractivity contribution >= 4 is 34.8 Å². The number of carbonyl (C=O) groups excluding carboxylic acids is 2. The van der Waals surface area contributed by atoms with Crippen molar-refractivity contribution in [1.29, 1.82) is 0 Å². The fourth-order valence-electron chi connectivity index (χ4n) is 2.23. The van der Waals surface area contributed by atoms with Crippen LogP contribution in [0.25, 0.3) is 0 Å². The van der Waals surface area contributed by atoms with Crippen LogP contribution in [0.15, 0.2) is 42.5 Å². The lowest BCUT2D eigenvalue weighted by atomic mass is 10.2. The summed E-state index contributed by atoms with van der Waals surface area (Å²) in [5, 5.41) is 3.33. The van der Waals surface area contributed by atoms with Crippen molar-refractivity contribution in [1.82, 2.24) is 0 Å². The molecule has 124 valence electrons. The summed E-state index contributed by atoms with van der Waals surface area (Å²) < 4.78 is 10.8. The minimum absolute atomic E-state index is 0.0133. The van der Waals surface area contributed by atoms with Gasteiger partial charge in [-0.3, -0.25) is 9.59 Å². The Morgan fingerprint density at radius 3 is 2.79 bits per heavy atom. The average molecular weight is 347 g/mol. The number of likely N-dealkylation sites (N-methyl/N-ethyl adjacent to an activating group) is 1. The second-order valence-corrected chi connectivity index (χ2v) is 5.65. The first-order valence-corrected chi connectivity index (χ1v) is 7.62. The summed E-state index contributed by atoms with van der Waals surface area (Å²) in [5.41, 5.74) is 1.24. The number of anilines is 2. The molecule has 7 heteroatoms. The normalized spacial score (nSPS) is 13.1. The topological polar surface area (TPSA) is 67.9 Å². The van der Waals surface area contributed by atoms with Gasteiger partial charge in [0.15, 0.2) is 13.2 Å². The molecule has 1 aliphatic rings. The lowest BCUT2D eigenvalue weighted by Gasteiger charge is -2.26. The van der Waals surface area contributed by atoms with Gasteiger partial charge in [-0.1, -0.05) is 11.6 Å². The molecule has 2 aromatic carbocycles. The van der Waals surface area contributed by atoms with E-state index in [0.717, 1.165) is 0 Å². The van der Waals surface area contributed by atoms with E-state index < -0.39 is 0 Å². The van der Waals surface area contributed by atoms with Crippen molar-refractivity contribution in [3.05, 3.63) is 47.5 Å². The Hall–Kier alpha value is -2.73. The van der Waals surface area contributed by atoms with Crippen molar-refractivity contribution in [2.45, 2.75) is 0 Å². The van der Waals surface area contributed by atoms with E-state index in [1.54, 1.807) is 49.5 Å². The van der Waals surface area contributed by atoms with E-state index in [2.05, 4.69) is 5.32 Å². The highest BCUT2D eigenvalue weighted by Gasteiger charge is 2.22.